The van der Waals surface area contributed by atoms with Gasteiger partial charge in [-0.05, 0) is 16.7 Å². The second-order valence-corrected chi connectivity index (χ2v) is 6.40. The van der Waals surface area contributed by atoms with E-state index in [1.165, 1.54) is 16.7 Å². The van der Waals surface area contributed by atoms with Gasteiger partial charge in [0.15, 0.2) is 0 Å². The molecule has 0 spiro atoms. The molecular formula is C20H18O2. The summed E-state index contributed by atoms with van der Waals surface area (Å²) in [4.78, 5) is 0. The molecule has 0 saturated heterocycles. The summed E-state index contributed by atoms with van der Waals surface area (Å²) in [6.45, 7) is 0.706. The number of rotatable bonds is 0. The summed E-state index contributed by atoms with van der Waals surface area (Å²) in [6.07, 6.45) is 15.4. The maximum Gasteiger partial charge on any atom is 0.129 e. The molecule has 5 atom stereocenters. The van der Waals surface area contributed by atoms with Crippen LogP contribution in [-0.2, 0) is 9.47 Å². The van der Waals surface area contributed by atoms with E-state index in [4.69, 9.17) is 9.47 Å². The monoisotopic (exact) mass is 290 g/mol. The molecule has 1 aromatic rings. The largest absolute Gasteiger partial charge is 0.493 e. The fourth-order valence-electron chi connectivity index (χ4n) is 4.42. The van der Waals surface area contributed by atoms with Crippen molar-refractivity contribution in [3.63, 3.8) is 0 Å². The first-order valence-corrected chi connectivity index (χ1v) is 8.01. The smallest absolute Gasteiger partial charge is 0.129 e. The third-order valence-corrected chi connectivity index (χ3v) is 5.34. The number of benzene rings is 1. The first-order valence-electron chi connectivity index (χ1n) is 8.01. The van der Waals surface area contributed by atoms with Crippen LogP contribution in [-0.4, -0.2) is 12.7 Å². The van der Waals surface area contributed by atoms with Crippen LogP contribution in [0.1, 0.15) is 23.1 Å². The Balaban J connectivity index is 1.70. The third-order valence-electron chi connectivity index (χ3n) is 5.34. The number of allylic oxidation sites excluding steroid dienone is 5. The lowest BCUT2D eigenvalue weighted by Gasteiger charge is -2.48. The van der Waals surface area contributed by atoms with Gasteiger partial charge in [0, 0.05) is 17.8 Å². The van der Waals surface area contributed by atoms with Crippen LogP contribution in [0.5, 0.6) is 0 Å². The van der Waals surface area contributed by atoms with Crippen LogP contribution in [0.2, 0.25) is 0 Å². The van der Waals surface area contributed by atoms with Gasteiger partial charge >= 0.3 is 0 Å². The van der Waals surface area contributed by atoms with Crippen molar-refractivity contribution in [1.82, 2.24) is 0 Å². The highest BCUT2D eigenvalue weighted by atomic mass is 16.5. The quantitative estimate of drug-likeness (QED) is 0.671. The molecular weight excluding hydrogens is 272 g/mol. The lowest BCUT2D eigenvalue weighted by molar-refractivity contribution is -0.0759. The maximum absolute atomic E-state index is 6.21. The molecule has 2 heteroatoms. The van der Waals surface area contributed by atoms with Crippen LogP contribution in [0.4, 0.5) is 0 Å². The molecule has 0 aromatic heterocycles. The molecule has 22 heavy (non-hydrogen) atoms. The summed E-state index contributed by atoms with van der Waals surface area (Å²) in [5.74, 6) is 1.07. The maximum atomic E-state index is 6.21. The molecule has 5 unspecified atom stereocenters. The van der Waals surface area contributed by atoms with Crippen molar-refractivity contribution in [3.05, 3.63) is 83.7 Å². The van der Waals surface area contributed by atoms with Crippen LogP contribution in [0.15, 0.2) is 72.6 Å². The lowest BCUT2D eigenvalue weighted by atomic mass is 9.64. The van der Waals surface area contributed by atoms with Gasteiger partial charge in [-0.25, -0.2) is 0 Å². The second kappa shape index (κ2) is 4.72. The first-order chi connectivity index (χ1) is 10.9. The van der Waals surface area contributed by atoms with Gasteiger partial charge in [-0.15, -0.1) is 0 Å². The van der Waals surface area contributed by atoms with Crippen molar-refractivity contribution in [1.29, 1.82) is 0 Å². The molecule has 2 aliphatic heterocycles. The minimum atomic E-state index is 0.0915. The van der Waals surface area contributed by atoms with E-state index >= 15 is 0 Å². The Morgan fingerprint density at radius 3 is 2.82 bits per heavy atom. The van der Waals surface area contributed by atoms with E-state index in [1.54, 1.807) is 0 Å². The van der Waals surface area contributed by atoms with Crippen LogP contribution in [0.25, 0.3) is 0 Å². The minimum absolute atomic E-state index is 0.0915. The van der Waals surface area contributed by atoms with E-state index < -0.39 is 0 Å². The molecule has 1 aromatic carbocycles. The lowest BCUT2D eigenvalue weighted by Crippen LogP contribution is -2.46. The Morgan fingerprint density at radius 1 is 0.955 bits per heavy atom. The first kappa shape index (κ1) is 12.5. The topological polar surface area (TPSA) is 18.5 Å². The average molecular weight is 290 g/mol. The van der Waals surface area contributed by atoms with Crippen molar-refractivity contribution >= 4 is 0 Å². The van der Waals surface area contributed by atoms with Gasteiger partial charge in [0.1, 0.15) is 6.10 Å². The summed E-state index contributed by atoms with van der Waals surface area (Å²) < 4.78 is 12.4. The molecule has 0 N–H and O–H groups in total. The summed E-state index contributed by atoms with van der Waals surface area (Å²) in [5, 5.41) is 0. The summed E-state index contributed by atoms with van der Waals surface area (Å²) in [6, 6.07) is 8.67. The van der Waals surface area contributed by atoms with Crippen LogP contribution in [0, 0.1) is 11.8 Å². The molecule has 0 saturated carbocycles. The molecule has 5 rings (SSSR count). The predicted octanol–water partition coefficient (Wildman–Crippen LogP) is 4.05. The Bertz CT molecular complexity index is 725. The molecule has 2 nitrogen and oxygen atoms in total. The van der Waals surface area contributed by atoms with Crippen LogP contribution >= 0.6 is 0 Å². The highest BCUT2D eigenvalue weighted by Gasteiger charge is 2.49. The molecule has 2 aliphatic carbocycles. The average Bonchev–Trinajstić information content (AvgIpc) is 2.61. The fourth-order valence-corrected chi connectivity index (χ4v) is 4.42. The zero-order valence-electron chi connectivity index (χ0n) is 12.3. The standard InChI is InChI=1S/C20H18O2/c1-2-7-14-13(6-1)12-22-20-16-9-4-3-8-15(16)17-10-5-11-21-19(17)18(14)20/h1-10,12,14,17-20H,11H2. The highest BCUT2D eigenvalue weighted by molar-refractivity contribution is 5.44. The van der Waals surface area contributed by atoms with Crippen molar-refractivity contribution in [2.45, 2.75) is 18.1 Å². The van der Waals surface area contributed by atoms with Crippen molar-refractivity contribution in [3.8, 4) is 0 Å². The normalized spacial score (nSPS) is 37.3. The number of hydrogen-bond acceptors (Lipinski definition) is 2. The molecule has 4 aliphatic rings. The summed E-state index contributed by atoms with van der Waals surface area (Å²) in [5.41, 5.74) is 3.94. The van der Waals surface area contributed by atoms with E-state index in [0.717, 1.165) is 0 Å². The van der Waals surface area contributed by atoms with Crippen molar-refractivity contribution < 1.29 is 9.47 Å². The van der Waals surface area contributed by atoms with E-state index in [-0.39, 0.29) is 12.2 Å². The molecule has 2 heterocycles. The van der Waals surface area contributed by atoms with Crippen molar-refractivity contribution in [2.24, 2.45) is 11.8 Å². The van der Waals surface area contributed by atoms with E-state index in [1.807, 2.05) is 6.26 Å². The molecule has 0 amide bonds. The second-order valence-electron chi connectivity index (χ2n) is 6.40. The zero-order chi connectivity index (χ0) is 14.5. The van der Waals surface area contributed by atoms with E-state index in [0.29, 0.717) is 24.4 Å². The van der Waals surface area contributed by atoms with Crippen molar-refractivity contribution in [2.75, 3.05) is 6.61 Å². The third kappa shape index (κ3) is 1.65. The summed E-state index contributed by atoms with van der Waals surface area (Å²) >= 11 is 0. The van der Waals surface area contributed by atoms with Gasteiger partial charge in [0.05, 0.1) is 19.0 Å². The molecule has 0 radical (unpaired) electrons. The van der Waals surface area contributed by atoms with Gasteiger partial charge < -0.3 is 9.47 Å². The number of fused-ring (bicyclic) bond motifs is 8. The molecule has 110 valence electrons. The Morgan fingerprint density at radius 2 is 1.86 bits per heavy atom. The molecule has 0 bridgehead atoms. The fraction of sp³-hybridized carbons (Fsp3) is 0.300. The molecule has 0 fully saturated rings. The number of hydrogen-bond donors (Lipinski definition) is 0. The van der Waals surface area contributed by atoms with E-state index in [9.17, 15) is 0 Å². The zero-order valence-corrected chi connectivity index (χ0v) is 12.3. The van der Waals surface area contributed by atoms with Gasteiger partial charge in [-0.1, -0.05) is 60.7 Å². The van der Waals surface area contributed by atoms with E-state index in [2.05, 4.69) is 60.7 Å². The van der Waals surface area contributed by atoms with Gasteiger partial charge in [0.2, 0.25) is 0 Å². The minimum Gasteiger partial charge on any atom is -0.493 e. The van der Waals surface area contributed by atoms with Crippen LogP contribution in [0.3, 0.4) is 0 Å². The predicted molar refractivity (Wildman–Crippen MR) is 85.2 cm³/mol. The van der Waals surface area contributed by atoms with Gasteiger partial charge in [-0.3, -0.25) is 0 Å². The highest BCUT2D eigenvalue weighted by Crippen LogP contribution is 2.53. The van der Waals surface area contributed by atoms with Gasteiger partial charge in [0.25, 0.3) is 0 Å². The SMILES string of the molecule is C1=CC2=COC3c4ccccc4C4C=CCOC4C3C2C=C1. The Labute approximate surface area is 130 Å². The summed E-state index contributed by atoms with van der Waals surface area (Å²) in [7, 11) is 0. The Kier molecular flexibility index (Phi) is 2.68. The van der Waals surface area contributed by atoms with Crippen LogP contribution < -0.4 is 0 Å². The van der Waals surface area contributed by atoms with Gasteiger partial charge in [-0.2, -0.15) is 0 Å². The number of ether oxygens (including phenoxy) is 2. The Hall–Kier alpha value is -2.06.